The number of hydrogen-bond acceptors (Lipinski definition) is 7. The van der Waals surface area contributed by atoms with Crippen LogP contribution in [0.15, 0.2) is 29.3 Å². The van der Waals surface area contributed by atoms with Crippen molar-refractivity contribution in [2.24, 2.45) is 21.6 Å². The number of amidine groups is 1. The van der Waals surface area contributed by atoms with E-state index in [-0.39, 0.29) is 24.5 Å². The molecule has 2 fully saturated rings. The van der Waals surface area contributed by atoms with Gasteiger partial charge in [-0.1, -0.05) is 12.1 Å². The second-order valence-electron chi connectivity index (χ2n) is 6.89. The van der Waals surface area contributed by atoms with Gasteiger partial charge < -0.3 is 20.5 Å². The zero-order chi connectivity index (χ0) is 18.7. The van der Waals surface area contributed by atoms with Crippen LogP contribution >= 0.6 is 0 Å². The third kappa shape index (κ3) is 1.68. The summed E-state index contributed by atoms with van der Waals surface area (Å²) in [6, 6.07) is 11.4. The summed E-state index contributed by atoms with van der Waals surface area (Å²) in [7, 11) is 0. The number of nitriles is 2. The van der Waals surface area contributed by atoms with E-state index in [9.17, 15) is 15.3 Å². The van der Waals surface area contributed by atoms with Crippen LogP contribution in [0.4, 0.5) is 5.69 Å². The van der Waals surface area contributed by atoms with Crippen molar-refractivity contribution in [2.75, 3.05) is 11.9 Å². The summed E-state index contributed by atoms with van der Waals surface area (Å²) in [6.45, 7) is 3.51. The lowest BCUT2D eigenvalue weighted by Gasteiger charge is -2.26. The minimum Gasteiger partial charge on any atom is -0.386 e. The second-order valence-corrected chi connectivity index (χ2v) is 6.89. The highest BCUT2D eigenvalue weighted by atomic mass is 16.8. The zero-order valence-corrected chi connectivity index (χ0v) is 14.3. The Kier molecular flexibility index (Phi) is 3.20. The van der Waals surface area contributed by atoms with Crippen LogP contribution in [0.25, 0.3) is 0 Å². The van der Waals surface area contributed by atoms with Crippen LogP contribution in [-0.4, -0.2) is 30.4 Å². The molecule has 1 saturated heterocycles. The smallest absolute Gasteiger partial charge is 0.293 e. The molecule has 132 valence electrons. The summed E-state index contributed by atoms with van der Waals surface area (Å²) >= 11 is 0. The molecule has 1 spiro atoms. The minimum absolute atomic E-state index is 0.0617. The Labute approximate surface area is 150 Å². The summed E-state index contributed by atoms with van der Waals surface area (Å²) in [4.78, 5) is 15.4. The maximum absolute atomic E-state index is 11.2. The molecule has 2 heterocycles. The molecule has 8 heteroatoms. The van der Waals surface area contributed by atoms with Crippen molar-refractivity contribution in [2.45, 2.75) is 31.8 Å². The molecule has 2 aliphatic heterocycles. The van der Waals surface area contributed by atoms with E-state index < -0.39 is 22.7 Å². The van der Waals surface area contributed by atoms with E-state index >= 15 is 0 Å². The molecule has 3 N–H and O–H groups in total. The summed E-state index contributed by atoms with van der Waals surface area (Å²) in [6.07, 6.45) is -0.255. The Balaban J connectivity index is 1.79. The topological polar surface area (TPSA) is 134 Å². The number of carbonyl (C=O) groups excluding carboxylic acids is 1. The number of carbonyl (C=O) groups is 1. The third-order valence-corrected chi connectivity index (χ3v) is 5.37. The number of rotatable bonds is 2. The summed E-state index contributed by atoms with van der Waals surface area (Å²) in [5.74, 6) is -2.20. The van der Waals surface area contributed by atoms with Gasteiger partial charge in [0.15, 0.2) is 5.41 Å². The van der Waals surface area contributed by atoms with Gasteiger partial charge in [-0.2, -0.15) is 10.5 Å². The number of nitrogens with two attached hydrogens (primary N) is 1. The highest BCUT2D eigenvalue weighted by molar-refractivity contribution is 6.00. The van der Waals surface area contributed by atoms with Gasteiger partial charge in [-0.05, 0) is 24.6 Å². The second kappa shape index (κ2) is 5.04. The Hall–Kier alpha value is -2.94. The van der Waals surface area contributed by atoms with Gasteiger partial charge in [0.1, 0.15) is 11.3 Å². The molecular formula is C18H17N5O3. The molecule has 1 aromatic rings. The van der Waals surface area contributed by atoms with Crippen molar-refractivity contribution in [1.29, 1.82) is 10.5 Å². The maximum atomic E-state index is 11.2. The molecule has 0 radical (unpaired) electrons. The number of anilines is 1. The van der Waals surface area contributed by atoms with Gasteiger partial charge in [-0.15, -0.1) is 0 Å². The van der Waals surface area contributed by atoms with Gasteiger partial charge in [-0.3, -0.25) is 4.79 Å². The van der Waals surface area contributed by atoms with E-state index in [1.165, 1.54) is 6.92 Å². The highest BCUT2D eigenvalue weighted by Gasteiger charge is 2.94. The lowest BCUT2D eigenvalue weighted by atomic mass is 9.94. The van der Waals surface area contributed by atoms with Crippen LogP contribution in [0.5, 0.6) is 0 Å². The molecule has 1 saturated carbocycles. The number of amides is 1. The van der Waals surface area contributed by atoms with Crippen LogP contribution in [0, 0.1) is 33.5 Å². The van der Waals surface area contributed by atoms with Crippen molar-refractivity contribution in [3.8, 4) is 12.1 Å². The standard InChI is InChI=1S/C18H17N5O3/c1-10-7-25-18(26-10)17(9-20)14(16(17,8-19)15(21)23-18)12-3-5-13(6-4-12)22-11(2)24/h3-6,10,14H,7H2,1-2H3,(H2,21,23)(H,22,24)/t10-,14-,16-,17-,18-/m1/s1. The molecule has 4 rings (SSSR count). The summed E-state index contributed by atoms with van der Waals surface area (Å²) in [5, 5.41) is 22.7. The van der Waals surface area contributed by atoms with Gasteiger partial charge >= 0.3 is 0 Å². The van der Waals surface area contributed by atoms with E-state index in [0.29, 0.717) is 5.69 Å². The van der Waals surface area contributed by atoms with E-state index in [0.717, 1.165) is 5.56 Å². The Bertz CT molecular complexity index is 914. The molecule has 1 aromatic carbocycles. The first-order valence-electron chi connectivity index (χ1n) is 8.24. The predicted molar refractivity (Wildman–Crippen MR) is 90.4 cm³/mol. The molecule has 0 bridgehead atoms. The van der Waals surface area contributed by atoms with Crippen LogP contribution in [-0.2, 0) is 14.3 Å². The van der Waals surface area contributed by atoms with Crippen molar-refractivity contribution < 1.29 is 14.3 Å². The molecule has 26 heavy (non-hydrogen) atoms. The third-order valence-electron chi connectivity index (χ3n) is 5.37. The largest absolute Gasteiger partial charge is 0.386 e. The molecule has 0 aromatic heterocycles. The van der Waals surface area contributed by atoms with Crippen LogP contribution < -0.4 is 11.1 Å². The lowest BCUT2D eigenvalue weighted by Crippen LogP contribution is -2.39. The number of ether oxygens (including phenoxy) is 2. The fourth-order valence-electron chi connectivity index (χ4n) is 4.32. The van der Waals surface area contributed by atoms with Gasteiger partial charge in [0.05, 0.1) is 24.8 Å². The average Bonchev–Trinajstić information content (AvgIpc) is 2.99. The molecular weight excluding hydrogens is 334 g/mol. The first kappa shape index (κ1) is 16.5. The van der Waals surface area contributed by atoms with E-state index in [4.69, 9.17) is 15.2 Å². The number of aliphatic imine (C=N–C) groups is 1. The van der Waals surface area contributed by atoms with Crippen LogP contribution in [0.3, 0.4) is 0 Å². The van der Waals surface area contributed by atoms with Gasteiger partial charge in [0.2, 0.25) is 5.91 Å². The van der Waals surface area contributed by atoms with E-state index in [1.54, 1.807) is 24.3 Å². The number of hydrogen-bond donors (Lipinski definition) is 2. The van der Waals surface area contributed by atoms with Crippen molar-refractivity contribution in [1.82, 2.24) is 0 Å². The van der Waals surface area contributed by atoms with Gasteiger partial charge in [-0.25, -0.2) is 4.99 Å². The van der Waals surface area contributed by atoms with Crippen LogP contribution in [0.2, 0.25) is 0 Å². The number of nitrogens with zero attached hydrogens (tertiary/aromatic N) is 3. The Morgan fingerprint density at radius 3 is 2.54 bits per heavy atom. The monoisotopic (exact) mass is 351 g/mol. The SMILES string of the molecule is CC(=O)Nc1ccc([C@H]2[C@@]3(C#N)[C@@]4(N=C(N)[C@@]23C#N)OC[C@@H](C)O4)cc1. The fourth-order valence-corrected chi connectivity index (χ4v) is 4.32. The highest BCUT2D eigenvalue weighted by Crippen LogP contribution is 2.82. The minimum atomic E-state index is -1.55. The molecule has 1 amide bonds. The number of nitrogens with one attached hydrogen (secondary N) is 1. The summed E-state index contributed by atoms with van der Waals surface area (Å²) in [5.41, 5.74) is 4.85. The lowest BCUT2D eigenvalue weighted by molar-refractivity contribution is -0.193. The number of fused-ring (bicyclic) bond motifs is 2. The van der Waals surface area contributed by atoms with E-state index in [1.807, 2.05) is 6.92 Å². The molecule has 8 nitrogen and oxygen atoms in total. The Morgan fingerprint density at radius 2 is 2.04 bits per heavy atom. The van der Waals surface area contributed by atoms with Crippen LogP contribution in [0.1, 0.15) is 25.3 Å². The van der Waals surface area contributed by atoms with Gasteiger partial charge in [0.25, 0.3) is 5.91 Å². The maximum Gasteiger partial charge on any atom is 0.293 e. The fraction of sp³-hybridized carbons (Fsp3) is 0.444. The first-order valence-corrected chi connectivity index (χ1v) is 8.24. The average molecular weight is 351 g/mol. The van der Waals surface area contributed by atoms with Crippen molar-refractivity contribution >= 4 is 17.4 Å². The van der Waals surface area contributed by atoms with E-state index in [2.05, 4.69) is 22.4 Å². The summed E-state index contributed by atoms with van der Waals surface area (Å²) < 4.78 is 11.6. The molecule has 1 aliphatic carbocycles. The Morgan fingerprint density at radius 1 is 1.35 bits per heavy atom. The first-order chi connectivity index (χ1) is 12.4. The predicted octanol–water partition coefficient (Wildman–Crippen LogP) is 1.22. The molecule has 5 atom stereocenters. The number of benzene rings is 1. The normalized spacial score (nSPS) is 39.6. The van der Waals surface area contributed by atoms with Gasteiger partial charge in [0, 0.05) is 18.5 Å². The van der Waals surface area contributed by atoms with Crippen molar-refractivity contribution in [3.05, 3.63) is 29.8 Å². The molecule has 0 unspecified atom stereocenters. The zero-order valence-electron chi connectivity index (χ0n) is 14.3. The molecule has 3 aliphatic rings. The quantitative estimate of drug-likeness (QED) is 0.823. The van der Waals surface area contributed by atoms with Crippen molar-refractivity contribution in [3.63, 3.8) is 0 Å².